The first-order chi connectivity index (χ1) is 13.0. The summed E-state index contributed by atoms with van der Waals surface area (Å²) < 4.78 is 45.4. The number of piperidine rings is 1. The van der Waals surface area contributed by atoms with Crippen LogP contribution in [0.2, 0.25) is 0 Å². The van der Waals surface area contributed by atoms with Gasteiger partial charge in [0, 0.05) is 26.7 Å². The molecule has 156 valence electrons. The molecule has 1 aliphatic heterocycles. The minimum atomic E-state index is -1.63. The first kappa shape index (κ1) is 21.8. The molecule has 3 amide bonds. The molecule has 1 N–H and O–H groups in total. The van der Waals surface area contributed by atoms with Gasteiger partial charge in [-0.25, -0.2) is 22.8 Å². The lowest BCUT2D eigenvalue weighted by molar-refractivity contribution is 0.0253. The van der Waals surface area contributed by atoms with Crippen molar-refractivity contribution in [2.24, 2.45) is 5.92 Å². The maximum atomic E-state index is 13.8. The van der Waals surface area contributed by atoms with Crippen LogP contribution in [-0.2, 0) is 4.74 Å². The summed E-state index contributed by atoms with van der Waals surface area (Å²) in [6, 6.07) is 1.13. The molecular weight excluding hydrogens is 375 g/mol. The average molecular weight is 401 g/mol. The van der Waals surface area contributed by atoms with Gasteiger partial charge in [0.15, 0.2) is 17.5 Å². The molecule has 28 heavy (non-hydrogen) atoms. The van der Waals surface area contributed by atoms with Crippen molar-refractivity contribution in [3.8, 4) is 0 Å². The van der Waals surface area contributed by atoms with Crippen LogP contribution in [0, 0.1) is 23.4 Å². The van der Waals surface area contributed by atoms with E-state index in [1.807, 2.05) is 0 Å². The third kappa shape index (κ3) is 5.77. The predicted molar refractivity (Wildman–Crippen MR) is 98.5 cm³/mol. The smallest absolute Gasteiger partial charge is 0.410 e. The number of nitrogens with one attached hydrogen (secondary N) is 1. The van der Waals surface area contributed by atoms with E-state index in [1.54, 1.807) is 27.8 Å². The third-order valence-electron chi connectivity index (χ3n) is 4.32. The first-order valence-electron chi connectivity index (χ1n) is 9.11. The SMILES string of the molecule is CN(CC1CCCN(C(=O)Nc2ccc(F)c(F)c2F)C1)C(=O)OC(C)(C)C. The number of likely N-dealkylation sites (tertiary alicyclic amines) is 1. The second-order valence-corrected chi connectivity index (χ2v) is 7.97. The summed E-state index contributed by atoms with van der Waals surface area (Å²) in [6.07, 6.45) is 1.08. The van der Waals surface area contributed by atoms with Gasteiger partial charge in [0.1, 0.15) is 5.60 Å². The molecular formula is C19H26F3N3O3. The fourth-order valence-electron chi connectivity index (χ4n) is 3.02. The Bertz CT molecular complexity index is 737. The monoisotopic (exact) mass is 401 g/mol. The maximum Gasteiger partial charge on any atom is 0.410 e. The van der Waals surface area contributed by atoms with Crippen LogP contribution in [0.15, 0.2) is 12.1 Å². The van der Waals surface area contributed by atoms with Gasteiger partial charge in [-0.05, 0) is 51.7 Å². The topological polar surface area (TPSA) is 61.9 Å². The summed E-state index contributed by atoms with van der Waals surface area (Å²) >= 11 is 0. The van der Waals surface area contributed by atoms with Gasteiger partial charge in [-0.1, -0.05) is 0 Å². The van der Waals surface area contributed by atoms with Crippen LogP contribution >= 0.6 is 0 Å². The van der Waals surface area contributed by atoms with Gasteiger partial charge in [-0.15, -0.1) is 0 Å². The summed E-state index contributed by atoms with van der Waals surface area (Å²) in [4.78, 5) is 27.4. The van der Waals surface area contributed by atoms with Crippen LogP contribution in [0.4, 0.5) is 28.4 Å². The summed E-state index contributed by atoms with van der Waals surface area (Å²) in [5, 5.41) is 2.28. The van der Waals surface area contributed by atoms with Crippen molar-refractivity contribution in [3.63, 3.8) is 0 Å². The van der Waals surface area contributed by atoms with Crippen LogP contribution in [0.3, 0.4) is 0 Å². The van der Waals surface area contributed by atoms with E-state index in [4.69, 9.17) is 4.74 Å². The number of carbonyl (C=O) groups is 2. The van der Waals surface area contributed by atoms with Crippen molar-refractivity contribution in [2.75, 3.05) is 32.0 Å². The Morgan fingerprint density at radius 2 is 1.93 bits per heavy atom. The molecule has 9 heteroatoms. The van der Waals surface area contributed by atoms with Crippen molar-refractivity contribution in [1.82, 2.24) is 9.80 Å². The standard InChI is InChI=1S/C19H26F3N3O3/c1-19(2,3)28-18(27)24(4)10-12-6-5-9-25(11-12)17(26)23-14-8-7-13(20)15(21)16(14)22/h7-8,12H,5-6,9-11H2,1-4H3,(H,23,26). The number of carbonyl (C=O) groups excluding carboxylic acids is 2. The fraction of sp³-hybridized carbons (Fsp3) is 0.579. The van der Waals surface area contributed by atoms with E-state index < -0.39 is 40.9 Å². The third-order valence-corrected chi connectivity index (χ3v) is 4.32. The summed E-state index contributed by atoms with van der Waals surface area (Å²) in [5.41, 5.74) is -1.02. The van der Waals surface area contributed by atoms with Crippen LogP contribution in [-0.4, -0.2) is 54.2 Å². The zero-order valence-electron chi connectivity index (χ0n) is 16.5. The quantitative estimate of drug-likeness (QED) is 0.772. The second kappa shape index (κ2) is 8.70. The molecule has 0 bridgehead atoms. The average Bonchev–Trinajstić information content (AvgIpc) is 2.61. The number of halogens is 3. The highest BCUT2D eigenvalue weighted by Crippen LogP contribution is 2.22. The number of anilines is 1. The summed E-state index contributed by atoms with van der Waals surface area (Å²) in [5.74, 6) is -4.37. The van der Waals surface area contributed by atoms with Crippen molar-refractivity contribution in [3.05, 3.63) is 29.6 Å². The Morgan fingerprint density at radius 1 is 1.25 bits per heavy atom. The number of hydrogen-bond donors (Lipinski definition) is 1. The zero-order valence-corrected chi connectivity index (χ0v) is 16.5. The van der Waals surface area contributed by atoms with Crippen molar-refractivity contribution < 1.29 is 27.5 Å². The number of ether oxygens (including phenoxy) is 1. The molecule has 0 saturated carbocycles. The van der Waals surface area contributed by atoms with Crippen LogP contribution in [0.5, 0.6) is 0 Å². The molecule has 1 fully saturated rings. The van der Waals surface area contributed by atoms with Gasteiger partial charge in [0.2, 0.25) is 0 Å². The van der Waals surface area contributed by atoms with Gasteiger partial charge in [0.25, 0.3) is 0 Å². The number of urea groups is 1. The Kier molecular flexibility index (Phi) is 6.79. The van der Waals surface area contributed by atoms with E-state index >= 15 is 0 Å². The molecule has 1 atom stereocenters. The number of amides is 3. The number of benzene rings is 1. The Hall–Kier alpha value is -2.45. The zero-order chi connectivity index (χ0) is 21.1. The highest BCUT2D eigenvalue weighted by molar-refractivity contribution is 5.89. The van der Waals surface area contributed by atoms with Gasteiger partial charge in [0.05, 0.1) is 5.69 Å². The molecule has 1 aromatic carbocycles. The molecule has 1 heterocycles. The lowest BCUT2D eigenvalue weighted by Crippen LogP contribution is -2.46. The van der Waals surface area contributed by atoms with Crippen LogP contribution in [0.1, 0.15) is 33.6 Å². The Labute approximate surface area is 162 Å². The predicted octanol–water partition coefficient (Wildman–Crippen LogP) is 4.21. The van der Waals surface area contributed by atoms with Crippen molar-refractivity contribution >= 4 is 17.8 Å². The van der Waals surface area contributed by atoms with Crippen LogP contribution in [0.25, 0.3) is 0 Å². The van der Waals surface area contributed by atoms with E-state index in [-0.39, 0.29) is 5.92 Å². The number of nitrogens with zero attached hydrogens (tertiary/aromatic N) is 2. The van der Waals surface area contributed by atoms with Gasteiger partial charge >= 0.3 is 12.1 Å². The second-order valence-electron chi connectivity index (χ2n) is 7.97. The molecule has 0 aromatic heterocycles. The molecule has 0 radical (unpaired) electrons. The van der Waals surface area contributed by atoms with Crippen LogP contribution < -0.4 is 5.32 Å². The maximum absolute atomic E-state index is 13.8. The molecule has 1 aromatic rings. The van der Waals surface area contributed by atoms with E-state index in [1.165, 1.54) is 9.80 Å². The summed E-state index contributed by atoms with van der Waals surface area (Å²) in [6.45, 7) is 6.54. The molecule has 1 aliphatic rings. The minimum absolute atomic E-state index is 0.0202. The number of hydrogen-bond acceptors (Lipinski definition) is 3. The lowest BCUT2D eigenvalue weighted by atomic mass is 9.98. The molecule has 6 nitrogen and oxygen atoms in total. The minimum Gasteiger partial charge on any atom is -0.444 e. The summed E-state index contributed by atoms with van der Waals surface area (Å²) in [7, 11) is 1.63. The Morgan fingerprint density at radius 3 is 2.57 bits per heavy atom. The largest absolute Gasteiger partial charge is 0.444 e. The molecule has 0 aliphatic carbocycles. The number of rotatable bonds is 3. The van der Waals surface area contributed by atoms with Gasteiger partial charge < -0.3 is 19.9 Å². The van der Waals surface area contributed by atoms with E-state index in [0.717, 1.165) is 18.6 Å². The molecule has 0 spiro atoms. The normalized spacial score (nSPS) is 17.2. The lowest BCUT2D eigenvalue weighted by Gasteiger charge is -2.35. The van der Waals surface area contributed by atoms with E-state index in [9.17, 15) is 22.8 Å². The van der Waals surface area contributed by atoms with Crippen molar-refractivity contribution in [2.45, 2.75) is 39.2 Å². The van der Waals surface area contributed by atoms with Gasteiger partial charge in [-0.3, -0.25) is 0 Å². The Balaban J connectivity index is 1.94. The highest BCUT2D eigenvalue weighted by Gasteiger charge is 2.28. The molecule has 2 rings (SSSR count). The van der Waals surface area contributed by atoms with E-state index in [2.05, 4.69) is 5.32 Å². The first-order valence-corrected chi connectivity index (χ1v) is 9.11. The van der Waals surface area contributed by atoms with Crippen molar-refractivity contribution in [1.29, 1.82) is 0 Å². The van der Waals surface area contributed by atoms with Gasteiger partial charge in [-0.2, -0.15) is 0 Å². The highest BCUT2D eigenvalue weighted by atomic mass is 19.2. The van der Waals surface area contributed by atoms with E-state index in [0.29, 0.717) is 26.1 Å². The molecule has 1 unspecified atom stereocenters. The molecule has 1 saturated heterocycles. The fourth-order valence-corrected chi connectivity index (χ4v) is 3.02.